The first-order valence-corrected chi connectivity index (χ1v) is 11.5. The molecule has 1 heterocycles. The second kappa shape index (κ2) is 9.91. The fourth-order valence-electron chi connectivity index (χ4n) is 5.41. The first kappa shape index (κ1) is 26.2. The molecule has 0 spiro atoms. The maximum absolute atomic E-state index is 13.6. The normalized spacial score (nSPS) is 24.5. The van der Waals surface area contributed by atoms with Crippen LogP contribution in [0.4, 0.5) is 35.5 Å². The molecule has 0 aromatic heterocycles. The lowest BCUT2D eigenvalue weighted by Gasteiger charge is -2.39. The third kappa shape index (κ3) is 5.61. The topological polar surface area (TPSA) is 41.6 Å². The minimum Gasteiger partial charge on any atom is -0.373 e. The number of nitrogens with one attached hydrogen (secondary N) is 1. The number of amides is 2. The summed E-state index contributed by atoms with van der Waals surface area (Å²) < 4.78 is 99.1. The Bertz CT molecular complexity index is 1050. The second-order valence-electron chi connectivity index (χ2n) is 9.30. The van der Waals surface area contributed by atoms with Gasteiger partial charge < -0.3 is 15.0 Å². The van der Waals surface area contributed by atoms with E-state index in [2.05, 4.69) is 5.32 Å². The molecule has 1 saturated carbocycles. The maximum Gasteiger partial charge on any atom is 0.416 e. The molecule has 2 aromatic rings. The van der Waals surface area contributed by atoms with E-state index in [1.807, 2.05) is 0 Å². The van der Waals surface area contributed by atoms with Crippen LogP contribution in [-0.2, 0) is 23.7 Å². The van der Waals surface area contributed by atoms with Gasteiger partial charge in [-0.15, -0.1) is 0 Å². The molecule has 2 amide bonds. The van der Waals surface area contributed by atoms with Gasteiger partial charge in [0.25, 0.3) is 0 Å². The fourth-order valence-corrected chi connectivity index (χ4v) is 5.41. The number of fused-ring (bicyclic) bond motifs is 1. The second-order valence-corrected chi connectivity index (χ2v) is 9.30. The molecule has 0 radical (unpaired) electrons. The largest absolute Gasteiger partial charge is 0.416 e. The molecule has 36 heavy (non-hydrogen) atoms. The molecule has 2 aliphatic rings. The lowest BCUT2D eigenvalue weighted by molar-refractivity contribution is -0.143. The predicted molar refractivity (Wildman–Crippen MR) is 116 cm³/mol. The van der Waals surface area contributed by atoms with E-state index in [4.69, 9.17) is 4.74 Å². The number of likely N-dealkylation sites (tertiary alicyclic amines) is 1. The SMILES string of the molecule is CNC(=O)N1C[C@@H]2CC[C@H](OCc3cc(C(F)(F)F)cc(C(F)(F)F)c3)[C@@H](c3ccc(F)cc3)[C@@H]2C1. The number of urea groups is 1. The summed E-state index contributed by atoms with van der Waals surface area (Å²) in [7, 11) is 1.53. The van der Waals surface area contributed by atoms with Crippen molar-refractivity contribution in [3.05, 3.63) is 70.5 Å². The van der Waals surface area contributed by atoms with Crippen molar-refractivity contribution in [2.24, 2.45) is 11.8 Å². The average Bonchev–Trinajstić information content (AvgIpc) is 3.25. The average molecular weight is 518 g/mol. The van der Waals surface area contributed by atoms with Crippen LogP contribution in [-0.4, -0.2) is 37.2 Å². The molecule has 11 heteroatoms. The number of alkyl halides is 6. The summed E-state index contributed by atoms with van der Waals surface area (Å²) in [5.74, 6) is -0.668. The van der Waals surface area contributed by atoms with Crippen LogP contribution in [0.15, 0.2) is 42.5 Å². The Morgan fingerprint density at radius 1 is 0.972 bits per heavy atom. The van der Waals surface area contributed by atoms with Gasteiger partial charge in [0.2, 0.25) is 0 Å². The van der Waals surface area contributed by atoms with Gasteiger partial charge in [0.05, 0.1) is 23.8 Å². The Balaban J connectivity index is 1.61. The zero-order valence-electron chi connectivity index (χ0n) is 19.3. The van der Waals surface area contributed by atoms with E-state index in [1.165, 1.54) is 19.2 Å². The third-order valence-corrected chi connectivity index (χ3v) is 7.04. The Hall–Kier alpha value is -2.82. The molecule has 0 unspecified atom stereocenters. The van der Waals surface area contributed by atoms with Crippen LogP contribution >= 0.6 is 0 Å². The van der Waals surface area contributed by atoms with Crippen molar-refractivity contribution in [2.45, 2.75) is 43.8 Å². The van der Waals surface area contributed by atoms with Crippen molar-refractivity contribution in [3.8, 4) is 0 Å². The van der Waals surface area contributed by atoms with Crippen molar-refractivity contribution in [2.75, 3.05) is 20.1 Å². The smallest absolute Gasteiger partial charge is 0.373 e. The Kier molecular flexibility index (Phi) is 7.23. The molecule has 4 atom stereocenters. The standard InChI is InChI=1S/C25H25F7N2O2/c1-33-23(35)34-11-16-4-7-21(22(20(16)12-34)15-2-5-19(26)6-3-15)36-13-14-8-17(24(27,28)29)10-18(9-14)25(30,31)32/h2-3,5-6,8-10,16,20-22H,4,7,11-13H2,1H3,(H,33,35)/t16-,20+,21-,22-/m0/s1. The summed E-state index contributed by atoms with van der Waals surface area (Å²) in [6, 6.07) is 6.98. The Morgan fingerprint density at radius 2 is 1.58 bits per heavy atom. The van der Waals surface area contributed by atoms with E-state index in [1.54, 1.807) is 17.0 Å². The van der Waals surface area contributed by atoms with Crippen LogP contribution < -0.4 is 5.32 Å². The van der Waals surface area contributed by atoms with Crippen LogP contribution in [0.2, 0.25) is 0 Å². The van der Waals surface area contributed by atoms with E-state index in [-0.39, 0.29) is 35.4 Å². The number of carbonyl (C=O) groups is 1. The number of rotatable bonds is 4. The van der Waals surface area contributed by atoms with Crippen LogP contribution in [0.25, 0.3) is 0 Å². The highest BCUT2D eigenvalue weighted by Crippen LogP contribution is 2.47. The van der Waals surface area contributed by atoms with E-state index in [0.29, 0.717) is 38.1 Å². The zero-order chi connectivity index (χ0) is 26.3. The lowest BCUT2D eigenvalue weighted by atomic mass is 9.69. The first-order valence-electron chi connectivity index (χ1n) is 11.5. The Labute approximate surface area is 203 Å². The summed E-state index contributed by atoms with van der Waals surface area (Å²) >= 11 is 0. The number of hydrogen-bond donors (Lipinski definition) is 1. The highest BCUT2D eigenvalue weighted by Gasteiger charge is 2.46. The predicted octanol–water partition coefficient (Wildman–Crippen LogP) is 6.21. The van der Waals surface area contributed by atoms with Crippen LogP contribution in [0, 0.1) is 17.7 Å². The molecule has 1 saturated heterocycles. The van der Waals surface area contributed by atoms with E-state index < -0.39 is 42.0 Å². The summed E-state index contributed by atoms with van der Waals surface area (Å²) in [5.41, 5.74) is -2.29. The number of benzene rings is 2. The van der Waals surface area contributed by atoms with Gasteiger partial charge in [-0.25, -0.2) is 9.18 Å². The fraction of sp³-hybridized carbons (Fsp3) is 0.480. The number of hydrogen-bond acceptors (Lipinski definition) is 2. The highest BCUT2D eigenvalue weighted by atomic mass is 19.4. The first-order chi connectivity index (χ1) is 16.9. The monoisotopic (exact) mass is 518 g/mol. The van der Waals surface area contributed by atoms with E-state index in [0.717, 1.165) is 5.56 Å². The number of ether oxygens (including phenoxy) is 1. The molecule has 4 nitrogen and oxygen atoms in total. The minimum absolute atomic E-state index is 0.0567. The van der Waals surface area contributed by atoms with Gasteiger partial charge in [0, 0.05) is 26.1 Å². The molecule has 0 bridgehead atoms. The molecule has 1 N–H and O–H groups in total. The lowest BCUT2D eigenvalue weighted by Crippen LogP contribution is -2.38. The molecular weight excluding hydrogens is 493 g/mol. The number of halogens is 7. The van der Waals surface area contributed by atoms with Crippen molar-refractivity contribution in [1.29, 1.82) is 0 Å². The van der Waals surface area contributed by atoms with Crippen LogP contribution in [0.1, 0.15) is 41.0 Å². The summed E-state index contributed by atoms with van der Waals surface area (Å²) in [6.45, 7) is 0.483. The molecule has 1 aliphatic heterocycles. The van der Waals surface area contributed by atoms with Gasteiger partial charge in [-0.05, 0) is 66.1 Å². The Morgan fingerprint density at radius 3 is 2.14 bits per heavy atom. The number of nitrogens with zero attached hydrogens (tertiary/aromatic N) is 1. The highest BCUT2D eigenvalue weighted by molar-refractivity contribution is 5.74. The van der Waals surface area contributed by atoms with Gasteiger partial charge in [-0.3, -0.25) is 0 Å². The van der Waals surface area contributed by atoms with Crippen LogP contribution in [0.5, 0.6) is 0 Å². The van der Waals surface area contributed by atoms with Crippen LogP contribution in [0.3, 0.4) is 0 Å². The summed E-state index contributed by atoms with van der Waals surface area (Å²) in [5, 5.41) is 2.59. The molecular formula is C25H25F7N2O2. The van der Waals surface area contributed by atoms with Gasteiger partial charge in [-0.1, -0.05) is 12.1 Å². The quantitative estimate of drug-likeness (QED) is 0.489. The molecule has 2 fully saturated rings. The summed E-state index contributed by atoms with van der Waals surface area (Å²) in [6.07, 6.45) is -9.26. The third-order valence-electron chi connectivity index (χ3n) is 7.04. The van der Waals surface area contributed by atoms with Crippen molar-refractivity contribution < 1.29 is 40.3 Å². The summed E-state index contributed by atoms with van der Waals surface area (Å²) in [4.78, 5) is 13.9. The zero-order valence-corrected chi connectivity index (χ0v) is 19.3. The van der Waals surface area contributed by atoms with Crippen molar-refractivity contribution in [3.63, 3.8) is 0 Å². The minimum atomic E-state index is -4.95. The van der Waals surface area contributed by atoms with Crippen molar-refractivity contribution in [1.82, 2.24) is 10.2 Å². The molecule has 1 aliphatic carbocycles. The van der Waals surface area contributed by atoms with E-state index >= 15 is 0 Å². The van der Waals surface area contributed by atoms with E-state index in [9.17, 15) is 35.5 Å². The molecule has 2 aromatic carbocycles. The molecule has 4 rings (SSSR count). The number of carbonyl (C=O) groups excluding carboxylic acids is 1. The van der Waals surface area contributed by atoms with Gasteiger partial charge in [-0.2, -0.15) is 26.3 Å². The van der Waals surface area contributed by atoms with Gasteiger partial charge in [0.15, 0.2) is 0 Å². The van der Waals surface area contributed by atoms with Crippen molar-refractivity contribution >= 4 is 6.03 Å². The maximum atomic E-state index is 13.6. The van der Waals surface area contributed by atoms with Gasteiger partial charge >= 0.3 is 18.4 Å². The molecule has 196 valence electrons. The van der Waals surface area contributed by atoms with Gasteiger partial charge in [0.1, 0.15) is 5.82 Å².